The molecule has 2 aromatic heterocycles. The van der Waals surface area contributed by atoms with Gasteiger partial charge in [-0.1, -0.05) is 42.1 Å². The molecule has 118 valence electrons. The largest absolute Gasteiger partial charge is 0.349 e. The molecule has 0 spiro atoms. The van der Waals surface area contributed by atoms with Crippen molar-refractivity contribution in [3.05, 3.63) is 77.1 Å². The van der Waals surface area contributed by atoms with Gasteiger partial charge >= 0.3 is 5.69 Å². The summed E-state index contributed by atoms with van der Waals surface area (Å²) in [6.07, 6.45) is 3.06. The van der Waals surface area contributed by atoms with Gasteiger partial charge in [-0.3, -0.25) is 4.98 Å². The fourth-order valence-electron chi connectivity index (χ4n) is 2.53. The Morgan fingerprint density at radius 2 is 1.88 bits per heavy atom. The molecule has 6 heteroatoms. The minimum atomic E-state index is -0.294. The van der Waals surface area contributed by atoms with Gasteiger partial charge < -0.3 is 0 Å². The van der Waals surface area contributed by atoms with Crippen molar-refractivity contribution in [1.29, 1.82) is 0 Å². The maximum atomic E-state index is 11.7. The van der Waals surface area contributed by atoms with E-state index >= 15 is 0 Å². The first-order valence-corrected chi connectivity index (χ1v) is 8.29. The molecule has 0 saturated carbocycles. The zero-order valence-corrected chi connectivity index (χ0v) is 13.7. The van der Waals surface area contributed by atoms with Crippen LogP contribution < -0.4 is 5.69 Å². The Labute approximate surface area is 142 Å². The zero-order chi connectivity index (χ0) is 16.5. The summed E-state index contributed by atoms with van der Waals surface area (Å²) in [7, 11) is 0. The van der Waals surface area contributed by atoms with E-state index < -0.39 is 0 Å². The number of nitrogens with one attached hydrogen (secondary N) is 1. The van der Waals surface area contributed by atoms with Crippen LogP contribution in [0, 0.1) is 6.92 Å². The quantitative estimate of drug-likeness (QED) is 0.622. The third kappa shape index (κ3) is 2.61. The molecule has 0 saturated heterocycles. The van der Waals surface area contributed by atoms with Crippen molar-refractivity contribution >= 4 is 17.4 Å². The highest BCUT2D eigenvalue weighted by atomic mass is 32.2. The van der Waals surface area contributed by atoms with Crippen LogP contribution in [0.4, 0.5) is 0 Å². The average Bonchev–Trinajstić information content (AvgIpc) is 3.03. The van der Waals surface area contributed by atoms with Gasteiger partial charge in [-0.05, 0) is 36.2 Å². The summed E-state index contributed by atoms with van der Waals surface area (Å²) >= 11 is 1.73. The van der Waals surface area contributed by atoms with Crippen molar-refractivity contribution in [3.63, 3.8) is 0 Å². The van der Waals surface area contributed by atoms with Gasteiger partial charge in [0, 0.05) is 15.4 Å². The maximum absolute atomic E-state index is 11.7. The number of hydrogen-bond acceptors (Lipinski definition) is 4. The molecule has 24 heavy (non-hydrogen) atoms. The molecule has 1 N–H and O–H groups in total. The van der Waals surface area contributed by atoms with Gasteiger partial charge in [0.25, 0.3) is 0 Å². The summed E-state index contributed by atoms with van der Waals surface area (Å²) in [5, 5.41) is 4.10. The van der Waals surface area contributed by atoms with Crippen LogP contribution in [0.1, 0.15) is 5.56 Å². The summed E-state index contributed by atoms with van der Waals surface area (Å²) < 4.78 is 1.27. The smallest absolute Gasteiger partial charge is 0.296 e. The number of aryl methyl sites for hydroxylation is 1. The standard InChI is InChI=1S/C18H14N4OS/c1-12-4-2-3-5-16(12)24-14-8-6-13(7-9-14)15-10-21-22-17(15)19-11-20-18(22)23/h2-11H,1H3,(H,19,20,23). The lowest BCUT2D eigenvalue weighted by Crippen LogP contribution is -2.17. The summed E-state index contributed by atoms with van der Waals surface area (Å²) in [5.74, 6) is 0. The van der Waals surface area contributed by atoms with E-state index in [9.17, 15) is 4.79 Å². The van der Waals surface area contributed by atoms with Crippen LogP contribution in [0.2, 0.25) is 0 Å². The Bertz CT molecular complexity index is 1070. The van der Waals surface area contributed by atoms with Crippen molar-refractivity contribution in [2.24, 2.45) is 0 Å². The Hall–Kier alpha value is -2.86. The first kappa shape index (κ1) is 14.7. The molecule has 2 heterocycles. The number of aromatic amines is 1. The van der Waals surface area contributed by atoms with Crippen LogP contribution >= 0.6 is 11.8 Å². The molecule has 0 bridgehead atoms. The zero-order valence-electron chi connectivity index (χ0n) is 12.9. The minimum Gasteiger partial charge on any atom is -0.296 e. The van der Waals surface area contributed by atoms with Crippen LogP contribution in [0.15, 0.2) is 75.6 Å². The lowest BCUT2D eigenvalue weighted by atomic mass is 10.1. The van der Waals surface area contributed by atoms with Gasteiger partial charge in [0.15, 0.2) is 5.65 Å². The lowest BCUT2D eigenvalue weighted by Gasteiger charge is -2.06. The molecule has 0 aliphatic heterocycles. The van der Waals surface area contributed by atoms with Crippen LogP contribution in [-0.4, -0.2) is 19.6 Å². The summed E-state index contributed by atoms with van der Waals surface area (Å²) in [6.45, 7) is 2.11. The van der Waals surface area contributed by atoms with Crippen molar-refractivity contribution in [3.8, 4) is 11.1 Å². The van der Waals surface area contributed by atoms with Gasteiger partial charge in [-0.2, -0.15) is 9.61 Å². The second-order valence-corrected chi connectivity index (χ2v) is 6.51. The molecular formula is C18H14N4OS. The van der Waals surface area contributed by atoms with Gasteiger partial charge in [0.05, 0.1) is 12.5 Å². The van der Waals surface area contributed by atoms with Crippen LogP contribution in [0.5, 0.6) is 0 Å². The third-order valence-corrected chi connectivity index (χ3v) is 4.98. The first-order chi connectivity index (χ1) is 11.7. The van der Waals surface area contributed by atoms with Crippen molar-refractivity contribution in [2.45, 2.75) is 16.7 Å². The number of fused-ring (bicyclic) bond motifs is 1. The summed E-state index contributed by atoms with van der Waals surface area (Å²) in [4.78, 5) is 20.9. The highest BCUT2D eigenvalue weighted by Gasteiger charge is 2.10. The molecule has 0 fully saturated rings. The highest BCUT2D eigenvalue weighted by molar-refractivity contribution is 7.99. The van der Waals surface area contributed by atoms with Crippen LogP contribution in [0.3, 0.4) is 0 Å². The van der Waals surface area contributed by atoms with Crippen LogP contribution in [-0.2, 0) is 0 Å². The molecule has 0 unspecified atom stereocenters. The molecule has 0 radical (unpaired) electrons. The number of nitrogens with zero attached hydrogens (tertiary/aromatic N) is 3. The number of rotatable bonds is 3. The van der Waals surface area contributed by atoms with Gasteiger partial charge in [0.1, 0.15) is 0 Å². The predicted molar refractivity (Wildman–Crippen MR) is 94.3 cm³/mol. The van der Waals surface area contributed by atoms with Crippen molar-refractivity contribution < 1.29 is 0 Å². The highest BCUT2D eigenvalue weighted by Crippen LogP contribution is 2.32. The lowest BCUT2D eigenvalue weighted by molar-refractivity contribution is 0.840. The second kappa shape index (κ2) is 5.98. The van der Waals surface area contributed by atoms with Crippen LogP contribution in [0.25, 0.3) is 16.8 Å². The Kier molecular flexibility index (Phi) is 3.66. The first-order valence-electron chi connectivity index (χ1n) is 7.48. The van der Waals surface area contributed by atoms with Gasteiger partial charge in [0.2, 0.25) is 0 Å². The molecule has 0 aliphatic carbocycles. The molecular weight excluding hydrogens is 320 g/mol. The summed E-state index contributed by atoms with van der Waals surface area (Å²) in [6, 6.07) is 16.5. The van der Waals surface area contributed by atoms with Crippen molar-refractivity contribution in [1.82, 2.24) is 19.6 Å². The van der Waals surface area contributed by atoms with E-state index in [2.05, 4.69) is 46.3 Å². The van der Waals surface area contributed by atoms with E-state index in [1.807, 2.05) is 24.3 Å². The summed E-state index contributed by atoms with van der Waals surface area (Å²) in [5.41, 5.74) is 3.35. The number of hydrogen-bond donors (Lipinski definition) is 1. The average molecular weight is 334 g/mol. The second-order valence-electron chi connectivity index (χ2n) is 5.39. The number of benzene rings is 2. The fraction of sp³-hybridized carbons (Fsp3) is 0.0556. The molecule has 0 aliphatic rings. The maximum Gasteiger partial charge on any atom is 0.349 e. The normalized spacial score (nSPS) is 11.0. The molecule has 4 rings (SSSR count). The topological polar surface area (TPSA) is 63.1 Å². The van der Waals surface area contributed by atoms with E-state index in [0.717, 1.165) is 16.0 Å². The molecule has 4 aromatic rings. The Balaban J connectivity index is 1.67. The Morgan fingerprint density at radius 1 is 1.08 bits per heavy atom. The molecule has 0 amide bonds. The minimum absolute atomic E-state index is 0.294. The van der Waals surface area contributed by atoms with Gasteiger partial charge in [-0.25, -0.2) is 9.78 Å². The van der Waals surface area contributed by atoms with E-state index in [1.165, 1.54) is 21.3 Å². The van der Waals surface area contributed by atoms with E-state index in [0.29, 0.717) is 5.65 Å². The van der Waals surface area contributed by atoms with E-state index in [-0.39, 0.29) is 5.69 Å². The monoisotopic (exact) mass is 334 g/mol. The number of aromatic nitrogens is 4. The molecule has 0 atom stereocenters. The SMILES string of the molecule is Cc1ccccc1Sc1ccc(-c2cnn3c(=O)[nH]cnc23)cc1. The fourth-order valence-corrected chi connectivity index (χ4v) is 3.43. The van der Waals surface area contributed by atoms with E-state index in [4.69, 9.17) is 0 Å². The third-order valence-electron chi connectivity index (χ3n) is 3.80. The van der Waals surface area contributed by atoms with Crippen molar-refractivity contribution in [2.75, 3.05) is 0 Å². The Morgan fingerprint density at radius 3 is 2.67 bits per heavy atom. The number of H-pyrrole nitrogens is 1. The van der Waals surface area contributed by atoms with Gasteiger partial charge in [-0.15, -0.1) is 0 Å². The predicted octanol–water partition coefficient (Wildman–Crippen LogP) is 3.54. The molecule has 5 nitrogen and oxygen atoms in total. The van der Waals surface area contributed by atoms with E-state index in [1.54, 1.807) is 18.0 Å². The molecule has 2 aromatic carbocycles.